The van der Waals surface area contributed by atoms with Gasteiger partial charge in [-0.25, -0.2) is 0 Å². The third-order valence-electron chi connectivity index (χ3n) is 2.55. The van der Waals surface area contributed by atoms with E-state index in [-0.39, 0.29) is 0 Å². The predicted molar refractivity (Wildman–Crippen MR) is 48.3 cm³/mol. The Balaban J connectivity index is 2.24. The summed E-state index contributed by atoms with van der Waals surface area (Å²) in [7, 11) is 0. The van der Waals surface area contributed by atoms with Gasteiger partial charge in [-0.3, -0.25) is 0 Å². The average Bonchev–Trinajstić information content (AvgIpc) is 2.04. The fraction of sp³-hybridized carbons (Fsp3) is 1.00. The molecule has 2 unspecified atom stereocenters. The Morgan fingerprint density at radius 3 is 1.45 bits per heavy atom. The van der Waals surface area contributed by atoms with Crippen molar-refractivity contribution in [1.29, 1.82) is 0 Å². The van der Waals surface area contributed by atoms with Crippen LogP contribution in [0.2, 0.25) is 0 Å². The molecule has 0 aliphatic heterocycles. The second-order valence-electron chi connectivity index (χ2n) is 3.74. The highest BCUT2D eigenvalue weighted by Crippen LogP contribution is 2.14. The normalized spacial score (nSPS) is 35.5. The van der Waals surface area contributed by atoms with Gasteiger partial charge < -0.3 is 11.5 Å². The molecule has 1 aliphatic rings. The zero-order valence-electron chi connectivity index (χ0n) is 7.26. The highest BCUT2D eigenvalue weighted by molar-refractivity contribution is 4.69. The first kappa shape index (κ1) is 9.01. The van der Waals surface area contributed by atoms with Gasteiger partial charge in [-0.1, -0.05) is 19.3 Å². The topological polar surface area (TPSA) is 52.0 Å². The van der Waals surface area contributed by atoms with Gasteiger partial charge >= 0.3 is 0 Å². The van der Waals surface area contributed by atoms with Gasteiger partial charge in [0.2, 0.25) is 0 Å². The molecule has 2 nitrogen and oxygen atoms in total. The van der Waals surface area contributed by atoms with E-state index >= 15 is 0 Å². The first-order valence-corrected chi connectivity index (χ1v) is 4.80. The molecule has 1 saturated carbocycles. The van der Waals surface area contributed by atoms with Crippen LogP contribution in [0.3, 0.4) is 0 Å². The SMILES string of the molecule is NC1CCCCC(N)CCC1. The molecule has 66 valence electrons. The summed E-state index contributed by atoms with van der Waals surface area (Å²) in [6, 6.07) is 0.889. The van der Waals surface area contributed by atoms with E-state index in [1.165, 1.54) is 44.9 Å². The van der Waals surface area contributed by atoms with Gasteiger partial charge in [-0.15, -0.1) is 0 Å². The van der Waals surface area contributed by atoms with Gasteiger partial charge in [-0.2, -0.15) is 0 Å². The zero-order chi connectivity index (χ0) is 8.10. The summed E-state index contributed by atoms with van der Waals surface area (Å²) in [6.45, 7) is 0. The van der Waals surface area contributed by atoms with Crippen LogP contribution in [0.25, 0.3) is 0 Å². The molecule has 0 spiro atoms. The minimum absolute atomic E-state index is 0.445. The van der Waals surface area contributed by atoms with Crippen LogP contribution in [0.5, 0.6) is 0 Å². The molecular weight excluding hydrogens is 136 g/mol. The predicted octanol–water partition coefficient (Wildman–Crippen LogP) is 1.39. The first-order valence-electron chi connectivity index (χ1n) is 4.80. The molecule has 4 N–H and O–H groups in total. The maximum atomic E-state index is 5.88. The van der Waals surface area contributed by atoms with Crippen molar-refractivity contribution in [3.8, 4) is 0 Å². The number of hydrogen-bond acceptors (Lipinski definition) is 2. The maximum absolute atomic E-state index is 5.88. The summed E-state index contributed by atoms with van der Waals surface area (Å²) in [5, 5.41) is 0. The van der Waals surface area contributed by atoms with E-state index in [9.17, 15) is 0 Å². The smallest absolute Gasteiger partial charge is 0.00388 e. The molecule has 0 aromatic heterocycles. The fourth-order valence-corrected chi connectivity index (χ4v) is 1.74. The molecule has 0 radical (unpaired) electrons. The number of rotatable bonds is 0. The molecule has 0 aromatic carbocycles. The fourth-order valence-electron chi connectivity index (χ4n) is 1.74. The van der Waals surface area contributed by atoms with Crippen LogP contribution in [0.4, 0.5) is 0 Å². The quantitative estimate of drug-likeness (QED) is 0.557. The monoisotopic (exact) mass is 156 g/mol. The molecule has 1 fully saturated rings. The van der Waals surface area contributed by atoms with Gasteiger partial charge in [0.05, 0.1) is 0 Å². The molecule has 2 atom stereocenters. The van der Waals surface area contributed by atoms with Crippen LogP contribution < -0.4 is 11.5 Å². The Kier molecular flexibility index (Phi) is 3.87. The van der Waals surface area contributed by atoms with E-state index in [4.69, 9.17) is 11.5 Å². The van der Waals surface area contributed by atoms with E-state index in [2.05, 4.69) is 0 Å². The van der Waals surface area contributed by atoms with E-state index in [1.807, 2.05) is 0 Å². The highest BCUT2D eigenvalue weighted by atomic mass is 14.6. The first-order chi connectivity index (χ1) is 5.29. The van der Waals surface area contributed by atoms with Crippen molar-refractivity contribution in [1.82, 2.24) is 0 Å². The van der Waals surface area contributed by atoms with Crippen molar-refractivity contribution in [2.24, 2.45) is 11.5 Å². The molecule has 0 aromatic rings. The van der Waals surface area contributed by atoms with Crippen LogP contribution in [0.15, 0.2) is 0 Å². The third kappa shape index (κ3) is 3.73. The number of nitrogens with two attached hydrogens (primary N) is 2. The lowest BCUT2D eigenvalue weighted by atomic mass is 10.1. The Morgan fingerprint density at radius 1 is 0.636 bits per heavy atom. The Morgan fingerprint density at radius 2 is 1.00 bits per heavy atom. The van der Waals surface area contributed by atoms with Gasteiger partial charge in [-0.05, 0) is 25.7 Å². The molecule has 11 heavy (non-hydrogen) atoms. The molecule has 0 bridgehead atoms. The van der Waals surface area contributed by atoms with Crippen molar-refractivity contribution in [3.63, 3.8) is 0 Å². The van der Waals surface area contributed by atoms with E-state index in [0.717, 1.165) is 0 Å². The van der Waals surface area contributed by atoms with Crippen LogP contribution in [-0.2, 0) is 0 Å². The van der Waals surface area contributed by atoms with Crippen LogP contribution in [0.1, 0.15) is 44.9 Å². The van der Waals surface area contributed by atoms with Gasteiger partial charge in [0.25, 0.3) is 0 Å². The summed E-state index contributed by atoms with van der Waals surface area (Å²) in [6.07, 6.45) is 8.52. The molecule has 0 heterocycles. The lowest BCUT2D eigenvalue weighted by molar-refractivity contribution is 0.522. The van der Waals surface area contributed by atoms with Crippen LogP contribution in [0, 0.1) is 0 Å². The standard InChI is InChI=1S/C9H20N2/c10-8-4-1-2-5-9(11)7-3-6-8/h8-9H,1-7,10-11H2. The minimum Gasteiger partial charge on any atom is -0.328 e. The van der Waals surface area contributed by atoms with Crippen LogP contribution >= 0.6 is 0 Å². The zero-order valence-corrected chi connectivity index (χ0v) is 7.26. The van der Waals surface area contributed by atoms with Crippen molar-refractivity contribution in [2.75, 3.05) is 0 Å². The number of hydrogen-bond donors (Lipinski definition) is 2. The molecule has 1 aliphatic carbocycles. The van der Waals surface area contributed by atoms with Crippen molar-refractivity contribution < 1.29 is 0 Å². The molecule has 1 rings (SSSR count). The van der Waals surface area contributed by atoms with Crippen molar-refractivity contribution in [3.05, 3.63) is 0 Å². The summed E-state index contributed by atoms with van der Waals surface area (Å²) in [5.41, 5.74) is 11.8. The van der Waals surface area contributed by atoms with Gasteiger partial charge in [0, 0.05) is 12.1 Å². The molecule has 2 heteroatoms. The summed E-state index contributed by atoms with van der Waals surface area (Å²) >= 11 is 0. The average molecular weight is 156 g/mol. The van der Waals surface area contributed by atoms with Crippen molar-refractivity contribution in [2.45, 2.75) is 57.0 Å². The second-order valence-corrected chi connectivity index (χ2v) is 3.74. The summed E-state index contributed by atoms with van der Waals surface area (Å²) in [5.74, 6) is 0. The summed E-state index contributed by atoms with van der Waals surface area (Å²) in [4.78, 5) is 0. The Bertz CT molecular complexity index is 91.7. The highest BCUT2D eigenvalue weighted by Gasteiger charge is 2.09. The molecule has 0 amide bonds. The lowest BCUT2D eigenvalue weighted by Gasteiger charge is -2.08. The minimum atomic E-state index is 0.445. The molecular formula is C9H20N2. The maximum Gasteiger partial charge on any atom is 0.00388 e. The molecule has 0 saturated heterocycles. The van der Waals surface area contributed by atoms with Gasteiger partial charge in [0.1, 0.15) is 0 Å². The van der Waals surface area contributed by atoms with E-state index in [1.54, 1.807) is 0 Å². The van der Waals surface area contributed by atoms with E-state index in [0.29, 0.717) is 12.1 Å². The van der Waals surface area contributed by atoms with Gasteiger partial charge in [0.15, 0.2) is 0 Å². The van der Waals surface area contributed by atoms with Crippen molar-refractivity contribution >= 4 is 0 Å². The Labute approximate surface area is 69.3 Å². The summed E-state index contributed by atoms with van der Waals surface area (Å²) < 4.78 is 0. The largest absolute Gasteiger partial charge is 0.328 e. The lowest BCUT2D eigenvalue weighted by Crippen LogP contribution is -2.20. The Hall–Kier alpha value is -0.0800. The van der Waals surface area contributed by atoms with E-state index < -0.39 is 0 Å². The second kappa shape index (κ2) is 4.73. The van der Waals surface area contributed by atoms with Crippen LogP contribution in [-0.4, -0.2) is 12.1 Å². The third-order valence-corrected chi connectivity index (χ3v) is 2.55.